The SMILES string of the molecule is COc1ccc(C(OC[C@@]23OCCO[C@@H]([C@H](n4cc(C)c(=O)[nH]c4=O)O2)[C@@H]3OP(OCCC#N)N(C(C)C)C(C)C)(c2ccccc2)c2ccc(OC)cc2)cc1. The van der Waals surface area contributed by atoms with E-state index in [1.54, 1.807) is 21.1 Å². The number of ether oxygens (including phenoxy) is 6. The normalized spacial score (nSPS) is 21.4. The minimum absolute atomic E-state index is 0.0206. The number of methoxy groups -OCH3 is 2. The molecule has 15 heteroatoms. The summed E-state index contributed by atoms with van der Waals surface area (Å²) in [5.74, 6) is -0.363. The standard InChI is InChI=1S/C42H51N4O10P/c1-28(2)46(29(3)4)57(54-23-11-22-43)56-37-36-39(45-26-30(5)38(47)44-40(45)48)55-41(37,52-25-24-51-36)27-53-42(31-12-9-8-10-13-31,32-14-18-34(49-6)19-15-32)33-16-20-35(50-7)21-17-33/h8-10,12-21,26,28-29,36-37,39H,11,23-25,27H2,1-7H3,(H,44,47,48)/t36-,37+,39-,41-,57?/m1/s1. The average molecular weight is 803 g/mol. The number of nitrogens with zero attached hydrogens (tertiary/aromatic N) is 3. The highest BCUT2D eigenvalue weighted by molar-refractivity contribution is 7.44. The Morgan fingerprint density at radius 1 is 0.930 bits per heavy atom. The molecule has 0 aliphatic carbocycles. The van der Waals surface area contributed by atoms with Gasteiger partial charge in [0, 0.05) is 23.8 Å². The molecule has 6 rings (SSSR count). The largest absolute Gasteiger partial charge is 0.497 e. The van der Waals surface area contributed by atoms with Crippen LogP contribution >= 0.6 is 8.53 Å². The molecule has 0 saturated carbocycles. The lowest BCUT2D eigenvalue weighted by atomic mass is 9.80. The van der Waals surface area contributed by atoms with Gasteiger partial charge in [-0.3, -0.25) is 14.3 Å². The van der Waals surface area contributed by atoms with E-state index in [4.69, 9.17) is 37.5 Å². The van der Waals surface area contributed by atoms with Crippen molar-refractivity contribution in [2.24, 2.45) is 0 Å². The van der Waals surface area contributed by atoms with Gasteiger partial charge in [-0.1, -0.05) is 54.6 Å². The molecule has 0 spiro atoms. The van der Waals surface area contributed by atoms with E-state index in [0.29, 0.717) is 17.1 Å². The lowest BCUT2D eigenvalue weighted by Crippen LogP contribution is -2.52. The predicted molar refractivity (Wildman–Crippen MR) is 213 cm³/mol. The van der Waals surface area contributed by atoms with E-state index in [1.807, 2.05) is 107 Å². The fraction of sp³-hybridized carbons (Fsp3) is 0.452. The van der Waals surface area contributed by atoms with Crippen LogP contribution in [0.3, 0.4) is 0 Å². The Morgan fingerprint density at radius 2 is 1.53 bits per heavy atom. The van der Waals surface area contributed by atoms with Crippen LogP contribution in [0.2, 0.25) is 0 Å². The maximum Gasteiger partial charge on any atom is 0.330 e. The Balaban J connectivity index is 1.54. The first kappa shape index (κ1) is 42.2. The number of aromatic nitrogens is 2. The van der Waals surface area contributed by atoms with Crippen molar-refractivity contribution >= 4 is 8.53 Å². The molecule has 2 fully saturated rings. The number of hydrogen-bond donors (Lipinski definition) is 1. The van der Waals surface area contributed by atoms with Crippen molar-refractivity contribution in [3.63, 3.8) is 0 Å². The zero-order chi connectivity index (χ0) is 40.7. The number of H-pyrrole nitrogens is 1. The highest BCUT2D eigenvalue weighted by Crippen LogP contribution is 2.54. The molecule has 0 radical (unpaired) electrons. The summed E-state index contributed by atoms with van der Waals surface area (Å²) in [6, 6.07) is 27.2. The molecule has 0 amide bonds. The fourth-order valence-corrected chi connectivity index (χ4v) is 9.17. The monoisotopic (exact) mass is 802 g/mol. The maximum absolute atomic E-state index is 13.5. The van der Waals surface area contributed by atoms with Crippen LogP contribution in [-0.2, 0) is 33.6 Å². The molecule has 1 unspecified atom stereocenters. The zero-order valence-corrected chi connectivity index (χ0v) is 34.3. The van der Waals surface area contributed by atoms with Crippen molar-refractivity contribution in [1.82, 2.24) is 14.2 Å². The van der Waals surface area contributed by atoms with Crippen LogP contribution < -0.4 is 20.7 Å². The molecule has 5 atom stereocenters. The summed E-state index contributed by atoms with van der Waals surface area (Å²) in [4.78, 5) is 28.4. The Morgan fingerprint density at radius 3 is 2.09 bits per heavy atom. The van der Waals surface area contributed by atoms with E-state index in [9.17, 15) is 14.9 Å². The first-order chi connectivity index (χ1) is 27.5. The van der Waals surface area contributed by atoms with Crippen LogP contribution in [0.5, 0.6) is 11.5 Å². The molecule has 57 heavy (non-hydrogen) atoms. The quantitative estimate of drug-likeness (QED) is 0.0737. The Bertz CT molecular complexity index is 2030. The number of nitrogens with one attached hydrogen (secondary N) is 1. The van der Waals surface area contributed by atoms with Gasteiger partial charge in [0.25, 0.3) is 14.1 Å². The molecular formula is C42H51N4O10P. The molecule has 2 aliphatic rings. The van der Waals surface area contributed by atoms with Crippen molar-refractivity contribution < 1.29 is 37.5 Å². The molecule has 2 aliphatic heterocycles. The van der Waals surface area contributed by atoms with Gasteiger partial charge in [0.1, 0.15) is 29.8 Å². The van der Waals surface area contributed by atoms with Gasteiger partial charge < -0.3 is 37.5 Å². The zero-order valence-electron chi connectivity index (χ0n) is 33.4. The third kappa shape index (κ3) is 8.72. The third-order valence-corrected chi connectivity index (χ3v) is 12.1. The smallest absolute Gasteiger partial charge is 0.330 e. The van der Waals surface area contributed by atoms with Crippen LogP contribution in [0.25, 0.3) is 0 Å². The maximum atomic E-state index is 13.5. The summed E-state index contributed by atoms with van der Waals surface area (Å²) >= 11 is 0. The number of aromatic amines is 1. The summed E-state index contributed by atoms with van der Waals surface area (Å²) in [6.45, 7) is 9.92. The lowest BCUT2D eigenvalue weighted by Gasteiger charge is -2.42. The number of rotatable bonds is 17. The third-order valence-electron chi connectivity index (χ3n) is 10.0. The Hall–Kier alpha value is -4.42. The summed E-state index contributed by atoms with van der Waals surface area (Å²) in [7, 11) is 1.36. The minimum Gasteiger partial charge on any atom is -0.497 e. The fourth-order valence-electron chi connectivity index (χ4n) is 7.39. The van der Waals surface area contributed by atoms with Gasteiger partial charge in [0.15, 0.2) is 12.3 Å². The van der Waals surface area contributed by atoms with E-state index in [-0.39, 0.29) is 44.9 Å². The number of nitriles is 1. The predicted octanol–water partition coefficient (Wildman–Crippen LogP) is 6.17. The van der Waals surface area contributed by atoms with Crippen LogP contribution in [0, 0.1) is 18.3 Å². The van der Waals surface area contributed by atoms with Crippen molar-refractivity contribution in [3.05, 3.63) is 128 Å². The topological polar surface area (TPSA) is 156 Å². The molecule has 1 aromatic heterocycles. The molecule has 304 valence electrons. The molecule has 14 nitrogen and oxygen atoms in total. The van der Waals surface area contributed by atoms with Gasteiger partial charge in [-0.2, -0.15) is 5.26 Å². The molecule has 3 aromatic carbocycles. The Labute approximate surface area is 334 Å². The summed E-state index contributed by atoms with van der Waals surface area (Å²) in [5.41, 5.74) is 0.210. The highest BCUT2D eigenvalue weighted by atomic mass is 31.2. The Kier molecular flexibility index (Phi) is 13.7. The van der Waals surface area contributed by atoms with Crippen LogP contribution in [0.15, 0.2) is 94.6 Å². The van der Waals surface area contributed by atoms with E-state index >= 15 is 0 Å². The van der Waals surface area contributed by atoms with Gasteiger partial charge >= 0.3 is 5.69 Å². The second-order valence-corrected chi connectivity index (χ2v) is 15.8. The molecule has 1 N–H and O–H groups in total. The first-order valence-electron chi connectivity index (χ1n) is 19.0. The molecule has 3 heterocycles. The summed E-state index contributed by atoms with van der Waals surface area (Å²) in [5, 5.41) is 9.42. The van der Waals surface area contributed by atoms with Gasteiger partial charge in [-0.05, 0) is 75.6 Å². The van der Waals surface area contributed by atoms with Crippen LogP contribution in [0.1, 0.15) is 62.6 Å². The summed E-state index contributed by atoms with van der Waals surface area (Å²) < 4.78 is 55.4. The van der Waals surface area contributed by atoms with Gasteiger partial charge in [-0.15, -0.1) is 0 Å². The lowest BCUT2D eigenvalue weighted by molar-refractivity contribution is -0.295. The second-order valence-electron chi connectivity index (χ2n) is 14.3. The second kappa shape index (κ2) is 18.4. The van der Waals surface area contributed by atoms with E-state index in [0.717, 1.165) is 16.7 Å². The van der Waals surface area contributed by atoms with Crippen molar-refractivity contribution in [2.75, 3.05) is 40.6 Å². The van der Waals surface area contributed by atoms with E-state index in [2.05, 4.69) is 15.7 Å². The summed E-state index contributed by atoms with van der Waals surface area (Å²) in [6.07, 6.45) is -1.49. The number of aryl methyl sites for hydroxylation is 1. The number of hydrogen-bond acceptors (Lipinski definition) is 12. The molecular weight excluding hydrogens is 751 g/mol. The number of benzene rings is 3. The molecule has 4 aromatic rings. The van der Waals surface area contributed by atoms with Crippen molar-refractivity contribution in [2.45, 2.75) is 82.9 Å². The van der Waals surface area contributed by atoms with Crippen molar-refractivity contribution in [1.29, 1.82) is 5.26 Å². The molecule has 2 saturated heterocycles. The van der Waals surface area contributed by atoms with Crippen LogP contribution in [-0.4, -0.2) is 84.9 Å². The van der Waals surface area contributed by atoms with Gasteiger partial charge in [0.2, 0.25) is 5.79 Å². The van der Waals surface area contributed by atoms with E-state index < -0.39 is 49.6 Å². The average Bonchev–Trinajstić information content (AvgIpc) is 3.38. The highest BCUT2D eigenvalue weighted by Gasteiger charge is 2.62. The minimum atomic E-state index is -1.87. The molecule has 2 bridgehead atoms. The van der Waals surface area contributed by atoms with Gasteiger partial charge in [0.05, 0.1) is 46.5 Å². The van der Waals surface area contributed by atoms with Gasteiger partial charge in [-0.25, -0.2) is 9.46 Å². The van der Waals surface area contributed by atoms with E-state index in [1.165, 1.54) is 10.8 Å². The van der Waals surface area contributed by atoms with Crippen molar-refractivity contribution in [3.8, 4) is 17.6 Å². The van der Waals surface area contributed by atoms with Crippen LogP contribution in [0.4, 0.5) is 0 Å². The first-order valence-corrected chi connectivity index (χ1v) is 20.1. The number of fused-ring (bicyclic) bond motifs is 2.